The van der Waals surface area contributed by atoms with Gasteiger partial charge in [0.15, 0.2) is 0 Å². The van der Waals surface area contributed by atoms with Crippen molar-refractivity contribution in [3.63, 3.8) is 0 Å². The number of rotatable bonds is 3. The van der Waals surface area contributed by atoms with E-state index in [-0.39, 0.29) is 0 Å². The fourth-order valence-corrected chi connectivity index (χ4v) is 2.19. The van der Waals surface area contributed by atoms with E-state index in [4.69, 9.17) is 11.6 Å². The molecule has 0 unspecified atom stereocenters. The summed E-state index contributed by atoms with van der Waals surface area (Å²) < 4.78 is 1.68. The number of carbonyl (C=O) groups excluding carboxylic acids is 1. The SMILES string of the molecule is O=Cc1ccc(-c2cc(Cl)ccc2-n2ccnn2)cc1. The minimum Gasteiger partial charge on any atom is -0.298 e. The van der Waals surface area contributed by atoms with Crippen LogP contribution in [-0.2, 0) is 0 Å². The Hall–Kier alpha value is -2.46. The average molecular weight is 284 g/mol. The number of aldehydes is 1. The van der Waals surface area contributed by atoms with Crippen molar-refractivity contribution in [1.82, 2.24) is 15.0 Å². The Bertz CT molecular complexity index is 736. The van der Waals surface area contributed by atoms with Crippen LogP contribution >= 0.6 is 11.6 Å². The van der Waals surface area contributed by atoms with E-state index in [0.717, 1.165) is 23.1 Å². The Morgan fingerprint density at radius 1 is 1.10 bits per heavy atom. The van der Waals surface area contributed by atoms with Crippen LogP contribution in [0.2, 0.25) is 5.02 Å². The molecule has 0 aliphatic heterocycles. The van der Waals surface area contributed by atoms with Gasteiger partial charge in [-0.3, -0.25) is 4.79 Å². The van der Waals surface area contributed by atoms with Crippen molar-refractivity contribution >= 4 is 17.9 Å². The third-order valence-electron chi connectivity index (χ3n) is 2.99. The molecule has 1 heterocycles. The predicted molar refractivity (Wildman–Crippen MR) is 77.2 cm³/mol. The largest absolute Gasteiger partial charge is 0.298 e. The molecule has 3 aromatic rings. The topological polar surface area (TPSA) is 47.8 Å². The van der Waals surface area contributed by atoms with Crippen LogP contribution < -0.4 is 0 Å². The van der Waals surface area contributed by atoms with Crippen molar-refractivity contribution in [3.05, 3.63) is 65.4 Å². The molecular formula is C15H10ClN3O. The third kappa shape index (κ3) is 2.33. The van der Waals surface area contributed by atoms with E-state index in [9.17, 15) is 4.79 Å². The summed E-state index contributed by atoms with van der Waals surface area (Å²) in [6.45, 7) is 0. The number of hydrogen-bond donors (Lipinski definition) is 0. The maximum Gasteiger partial charge on any atom is 0.150 e. The summed E-state index contributed by atoms with van der Waals surface area (Å²) in [6, 6.07) is 12.9. The highest BCUT2D eigenvalue weighted by molar-refractivity contribution is 6.31. The van der Waals surface area contributed by atoms with Gasteiger partial charge in [-0.2, -0.15) is 0 Å². The van der Waals surface area contributed by atoms with Crippen LogP contribution in [0.25, 0.3) is 16.8 Å². The van der Waals surface area contributed by atoms with E-state index in [0.29, 0.717) is 10.6 Å². The van der Waals surface area contributed by atoms with E-state index >= 15 is 0 Å². The first kappa shape index (κ1) is 12.6. The Balaban J connectivity index is 2.16. The molecular weight excluding hydrogens is 274 g/mol. The lowest BCUT2D eigenvalue weighted by molar-refractivity contribution is 0.112. The first-order valence-corrected chi connectivity index (χ1v) is 6.37. The lowest BCUT2D eigenvalue weighted by Crippen LogP contribution is -1.98. The lowest BCUT2D eigenvalue weighted by Gasteiger charge is -2.10. The van der Waals surface area contributed by atoms with Gasteiger partial charge in [0, 0.05) is 16.1 Å². The molecule has 0 spiro atoms. The van der Waals surface area contributed by atoms with Gasteiger partial charge >= 0.3 is 0 Å². The molecule has 0 saturated carbocycles. The highest BCUT2D eigenvalue weighted by atomic mass is 35.5. The molecule has 0 saturated heterocycles. The van der Waals surface area contributed by atoms with Crippen molar-refractivity contribution in [1.29, 1.82) is 0 Å². The standard InChI is InChI=1S/C15H10ClN3O/c16-13-5-6-15(19-8-7-17-18-19)14(9-13)12-3-1-11(10-20)2-4-12/h1-10H. The minimum absolute atomic E-state index is 0.637. The predicted octanol–water partition coefficient (Wildman–Crippen LogP) is 3.40. The summed E-state index contributed by atoms with van der Waals surface area (Å²) in [6.07, 6.45) is 4.21. The molecule has 0 fully saturated rings. The Kier molecular flexibility index (Phi) is 3.31. The van der Waals surface area contributed by atoms with Crippen LogP contribution in [0.5, 0.6) is 0 Å². The molecule has 0 N–H and O–H groups in total. The molecule has 0 atom stereocenters. The lowest BCUT2D eigenvalue weighted by atomic mass is 10.0. The van der Waals surface area contributed by atoms with E-state index in [1.165, 1.54) is 0 Å². The first-order chi connectivity index (χ1) is 9.78. The van der Waals surface area contributed by atoms with Gasteiger partial charge < -0.3 is 0 Å². The van der Waals surface area contributed by atoms with Crippen molar-refractivity contribution in [2.24, 2.45) is 0 Å². The van der Waals surface area contributed by atoms with Crippen LogP contribution in [0.3, 0.4) is 0 Å². The van der Waals surface area contributed by atoms with Crippen LogP contribution in [0.1, 0.15) is 10.4 Å². The van der Waals surface area contributed by atoms with Gasteiger partial charge in [-0.15, -0.1) is 5.10 Å². The number of carbonyl (C=O) groups is 1. The average Bonchev–Trinajstić information content (AvgIpc) is 3.01. The van der Waals surface area contributed by atoms with Gasteiger partial charge in [-0.05, 0) is 23.8 Å². The van der Waals surface area contributed by atoms with Crippen molar-refractivity contribution in [2.75, 3.05) is 0 Å². The summed E-state index contributed by atoms with van der Waals surface area (Å²) in [5.74, 6) is 0. The zero-order chi connectivity index (χ0) is 13.9. The number of hydrogen-bond acceptors (Lipinski definition) is 3. The van der Waals surface area contributed by atoms with Gasteiger partial charge in [-0.25, -0.2) is 4.68 Å². The summed E-state index contributed by atoms with van der Waals surface area (Å²) in [5.41, 5.74) is 3.41. The molecule has 0 bridgehead atoms. The zero-order valence-electron chi connectivity index (χ0n) is 10.4. The van der Waals surface area contributed by atoms with Crippen LogP contribution in [0, 0.1) is 0 Å². The van der Waals surface area contributed by atoms with Gasteiger partial charge in [0.05, 0.1) is 18.1 Å². The van der Waals surface area contributed by atoms with Gasteiger partial charge in [-0.1, -0.05) is 41.1 Å². The Morgan fingerprint density at radius 3 is 2.55 bits per heavy atom. The van der Waals surface area contributed by atoms with Crippen LogP contribution in [0.4, 0.5) is 0 Å². The normalized spacial score (nSPS) is 10.4. The second-order valence-electron chi connectivity index (χ2n) is 4.25. The summed E-state index contributed by atoms with van der Waals surface area (Å²) in [7, 11) is 0. The molecule has 2 aromatic carbocycles. The number of aromatic nitrogens is 3. The molecule has 5 heteroatoms. The smallest absolute Gasteiger partial charge is 0.150 e. The fourth-order valence-electron chi connectivity index (χ4n) is 2.02. The maximum absolute atomic E-state index is 10.7. The molecule has 0 amide bonds. The van der Waals surface area contributed by atoms with Crippen LogP contribution in [0.15, 0.2) is 54.9 Å². The fraction of sp³-hybridized carbons (Fsp3) is 0. The molecule has 1 aromatic heterocycles. The molecule has 3 rings (SSSR count). The second kappa shape index (κ2) is 5.27. The monoisotopic (exact) mass is 283 g/mol. The van der Waals surface area contributed by atoms with E-state index in [1.807, 2.05) is 30.3 Å². The molecule has 20 heavy (non-hydrogen) atoms. The van der Waals surface area contributed by atoms with Crippen molar-refractivity contribution in [2.45, 2.75) is 0 Å². The summed E-state index contributed by atoms with van der Waals surface area (Å²) >= 11 is 6.09. The second-order valence-corrected chi connectivity index (χ2v) is 4.69. The highest BCUT2D eigenvalue weighted by Crippen LogP contribution is 2.29. The zero-order valence-corrected chi connectivity index (χ0v) is 11.2. The van der Waals surface area contributed by atoms with Gasteiger partial charge in [0.1, 0.15) is 6.29 Å². The minimum atomic E-state index is 0.637. The molecule has 98 valence electrons. The van der Waals surface area contributed by atoms with E-state index < -0.39 is 0 Å². The highest BCUT2D eigenvalue weighted by Gasteiger charge is 2.08. The van der Waals surface area contributed by atoms with Crippen molar-refractivity contribution in [3.8, 4) is 16.8 Å². The summed E-state index contributed by atoms with van der Waals surface area (Å²) in [5, 5.41) is 8.46. The summed E-state index contributed by atoms with van der Waals surface area (Å²) in [4.78, 5) is 10.7. The van der Waals surface area contributed by atoms with E-state index in [1.54, 1.807) is 29.2 Å². The maximum atomic E-state index is 10.7. The van der Waals surface area contributed by atoms with Crippen LogP contribution in [-0.4, -0.2) is 21.3 Å². The van der Waals surface area contributed by atoms with Gasteiger partial charge in [0.25, 0.3) is 0 Å². The van der Waals surface area contributed by atoms with Gasteiger partial charge in [0.2, 0.25) is 0 Å². The molecule has 4 nitrogen and oxygen atoms in total. The first-order valence-electron chi connectivity index (χ1n) is 6.00. The number of halogens is 1. The Morgan fingerprint density at radius 2 is 1.90 bits per heavy atom. The van der Waals surface area contributed by atoms with E-state index in [2.05, 4.69) is 10.3 Å². The third-order valence-corrected chi connectivity index (χ3v) is 3.22. The number of nitrogens with zero attached hydrogens (tertiary/aromatic N) is 3. The quantitative estimate of drug-likeness (QED) is 0.692. The van der Waals surface area contributed by atoms with Crippen molar-refractivity contribution < 1.29 is 4.79 Å². The number of benzene rings is 2. The molecule has 0 aliphatic carbocycles. The Labute approximate surface area is 120 Å². The molecule has 0 radical (unpaired) electrons. The molecule has 0 aliphatic rings.